The van der Waals surface area contributed by atoms with Crippen molar-refractivity contribution in [2.75, 3.05) is 33.3 Å². The smallest absolute Gasteiger partial charge is 0.118 e. The van der Waals surface area contributed by atoms with Crippen molar-refractivity contribution >= 4 is 5.71 Å². The Hall–Kier alpha value is -1.55. The lowest BCUT2D eigenvalue weighted by molar-refractivity contribution is 0.197. The van der Waals surface area contributed by atoms with E-state index in [1.807, 2.05) is 12.1 Å². The average molecular weight is 315 g/mol. The van der Waals surface area contributed by atoms with Crippen LogP contribution in [-0.4, -0.2) is 55.0 Å². The van der Waals surface area contributed by atoms with Gasteiger partial charge >= 0.3 is 0 Å². The Bertz CT molecular complexity index is 520. The molecule has 4 heteroatoms. The Morgan fingerprint density at radius 2 is 1.87 bits per heavy atom. The number of hydrogen-bond acceptors (Lipinski definition) is 4. The van der Waals surface area contributed by atoms with Crippen LogP contribution in [0, 0.1) is 0 Å². The van der Waals surface area contributed by atoms with Crippen LogP contribution in [0.1, 0.15) is 44.6 Å². The molecule has 0 amide bonds. The van der Waals surface area contributed by atoms with Crippen molar-refractivity contribution in [2.24, 2.45) is 5.10 Å². The summed E-state index contributed by atoms with van der Waals surface area (Å²) in [5, 5.41) is 7.37. The zero-order chi connectivity index (χ0) is 16.1. The van der Waals surface area contributed by atoms with Gasteiger partial charge < -0.3 is 9.64 Å². The van der Waals surface area contributed by atoms with E-state index in [0.717, 1.165) is 18.7 Å². The molecule has 0 radical (unpaired) electrons. The minimum absolute atomic E-state index is 0.591. The molecule has 1 aromatic rings. The van der Waals surface area contributed by atoms with E-state index in [1.165, 1.54) is 56.6 Å². The van der Waals surface area contributed by atoms with Gasteiger partial charge in [0.1, 0.15) is 5.75 Å². The van der Waals surface area contributed by atoms with Crippen LogP contribution in [-0.2, 0) is 0 Å². The number of hydrogen-bond donors (Lipinski definition) is 0. The number of nitrogens with zero attached hydrogens (tertiary/aromatic N) is 3. The second kappa shape index (κ2) is 7.82. The third kappa shape index (κ3) is 4.05. The van der Waals surface area contributed by atoms with Gasteiger partial charge in [-0.3, -0.25) is 5.01 Å². The number of likely N-dealkylation sites (tertiary alicyclic amines) is 1. The van der Waals surface area contributed by atoms with Gasteiger partial charge in [-0.25, -0.2) is 0 Å². The van der Waals surface area contributed by atoms with E-state index in [4.69, 9.17) is 9.84 Å². The summed E-state index contributed by atoms with van der Waals surface area (Å²) in [4.78, 5) is 2.61. The number of hydrazone groups is 1. The number of ether oxygens (including phenoxy) is 1. The first-order valence-electron chi connectivity index (χ1n) is 9.01. The Kier molecular flexibility index (Phi) is 5.55. The highest BCUT2D eigenvalue weighted by Crippen LogP contribution is 2.22. The van der Waals surface area contributed by atoms with Gasteiger partial charge in [0.15, 0.2) is 0 Å². The molecule has 2 aliphatic rings. The molecule has 2 fully saturated rings. The molecule has 0 spiro atoms. The highest BCUT2D eigenvalue weighted by Gasteiger charge is 2.27. The molecule has 2 saturated heterocycles. The first kappa shape index (κ1) is 16.3. The molecule has 1 atom stereocenters. The molecule has 2 heterocycles. The van der Waals surface area contributed by atoms with Crippen molar-refractivity contribution in [3.05, 3.63) is 29.8 Å². The van der Waals surface area contributed by atoms with Crippen molar-refractivity contribution in [3.63, 3.8) is 0 Å². The molecule has 23 heavy (non-hydrogen) atoms. The summed E-state index contributed by atoms with van der Waals surface area (Å²) in [7, 11) is 1.71. The standard InChI is InChI=1S/C19H29N3O/c1-3-19(16-8-10-18(23-2)11-9-16)20-22-14-6-7-17(22)15-21-12-4-5-13-21/h8-11,17H,3-7,12-15H2,1-2H3/b20-19+/t17-/m0/s1. The fraction of sp³-hybridized carbons (Fsp3) is 0.632. The molecule has 0 N–H and O–H groups in total. The van der Waals surface area contributed by atoms with E-state index in [0.29, 0.717) is 6.04 Å². The predicted octanol–water partition coefficient (Wildman–Crippen LogP) is 3.37. The fourth-order valence-corrected chi connectivity index (χ4v) is 3.67. The Morgan fingerprint density at radius 3 is 2.52 bits per heavy atom. The first-order chi connectivity index (χ1) is 11.3. The van der Waals surface area contributed by atoms with Crippen LogP contribution in [0.15, 0.2) is 29.4 Å². The topological polar surface area (TPSA) is 28.1 Å². The molecular weight excluding hydrogens is 286 g/mol. The third-order valence-electron chi connectivity index (χ3n) is 5.02. The normalized spacial score (nSPS) is 22.8. The van der Waals surface area contributed by atoms with Gasteiger partial charge in [-0.2, -0.15) is 5.10 Å². The molecule has 0 aliphatic carbocycles. The summed E-state index contributed by atoms with van der Waals surface area (Å²) in [5.74, 6) is 0.900. The highest BCUT2D eigenvalue weighted by molar-refractivity contribution is 6.00. The number of methoxy groups -OCH3 is 1. The Labute approximate surface area is 140 Å². The van der Waals surface area contributed by atoms with Crippen molar-refractivity contribution in [3.8, 4) is 5.75 Å². The monoisotopic (exact) mass is 315 g/mol. The van der Waals surface area contributed by atoms with Gasteiger partial charge in [0, 0.05) is 13.1 Å². The lowest BCUT2D eigenvalue weighted by Gasteiger charge is -2.27. The zero-order valence-corrected chi connectivity index (χ0v) is 14.5. The van der Waals surface area contributed by atoms with Crippen LogP contribution in [0.25, 0.3) is 0 Å². The molecular formula is C19H29N3O. The molecule has 4 nitrogen and oxygen atoms in total. The van der Waals surface area contributed by atoms with Crippen LogP contribution in [0.3, 0.4) is 0 Å². The van der Waals surface area contributed by atoms with Gasteiger partial charge in [-0.1, -0.05) is 6.92 Å². The van der Waals surface area contributed by atoms with Crippen molar-refractivity contribution in [2.45, 2.75) is 45.1 Å². The minimum atomic E-state index is 0.591. The molecule has 0 bridgehead atoms. The SMILES string of the molecule is CC/C(=N\N1CCC[C@H]1CN1CCCC1)c1ccc(OC)cc1. The van der Waals surface area contributed by atoms with Gasteiger partial charge in [-0.05, 0) is 75.0 Å². The van der Waals surface area contributed by atoms with Crippen molar-refractivity contribution in [1.29, 1.82) is 0 Å². The van der Waals surface area contributed by atoms with Gasteiger partial charge in [-0.15, -0.1) is 0 Å². The van der Waals surface area contributed by atoms with Gasteiger partial charge in [0.2, 0.25) is 0 Å². The van der Waals surface area contributed by atoms with E-state index in [9.17, 15) is 0 Å². The number of benzene rings is 1. The lowest BCUT2D eigenvalue weighted by Crippen LogP contribution is -2.37. The summed E-state index contributed by atoms with van der Waals surface area (Å²) in [6.45, 7) is 7.01. The molecule has 2 aliphatic heterocycles. The minimum Gasteiger partial charge on any atom is -0.497 e. The second-order valence-electron chi connectivity index (χ2n) is 6.60. The summed E-state index contributed by atoms with van der Waals surface area (Å²) in [6, 6.07) is 8.87. The zero-order valence-electron chi connectivity index (χ0n) is 14.5. The maximum Gasteiger partial charge on any atom is 0.118 e. The summed E-state index contributed by atoms with van der Waals surface area (Å²) in [5.41, 5.74) is 2.39. The number of rotatable bonds is 6. The second-order valence-corrected chi connectivity index (χ2v) is 6.60. The predicted molar refractivity (Wildman–Crippen MR) is 95.2 cm³/mol. The lowest BCUT2D eigenvalue weighted by atomic mass is 10.1. The maximum atomic E-state index is 5.25. The van der Waals surface area contributed by atoms with E-state index in [2.05, 4.69) is 29.0 Å². The van der Waals surface area contributed by atoms with Crippen LogP contribution in [0.4, 0.5) is 0 Å². The highest BCUT2D eigenvalue weighted by atomic mass is 16.5. The third-order valence-corrected chi connectivity index (χ3v) is 5.02. The van der Waals surface area contributed by atoms with E-state index in [-0.39, 0.29) is 0 Å². The summed E-state index contributed by atoms with van der Waals surface area (Å²) >= 11 is 0. The molecule has 1 aromatic carbocycles. The molecule has 0 aromatic heterocycles. The van der Waals surface area contributed by atoms with E-state index in [1.54, 1.807) is 7.11 Å². The Morgan fingerprint density at radius 1 is 1.13 bits per heavy atom. The Balaban J connectivity index is 1.70. The largest absolute Gasteiger partial charge is 0.497 e. The molecule has 3 rings (SSSR count). The fourth-order valence-electron chi connectivity index (χ4n) is 3.67. The molecule has 0 saturated carbocycles. The average Bonchev–Trinajstić information content (AvgIpc) is 3.25. The van der Waals surface area contributed by atoms with Crippen LogP contribution in [0.5, 0.6) is 5.75 Å². The molecule has 0 unspecified atom stereocenters. The van der Waals surface area contributed by atoms with Gasteiger partial charge in [0.25, 0.3) is 0 Å². The summed E-state index contributed by atoms with van der Waals surface area (Å²) < 4.78 is 5.25. The summed E-state index contributed by atoms with van der Waals surface area (Å²) in [6.07, 6.45) is 6.23. The van der Waals surface area contributed by atoms with Crippen LogP contribution < -0.4 is 4.74 Å². The van der Waals surface area contributed by atoms with Crippen LogP contribution in [0.2, 0.25) is 0 Å². The van der Waals surface area contributed by atoms with Crippen molar-refractivity contribution < 1.29 is 4.74 Å². The van der Waals surface area contributed by atoms with E-state index >= 15 is 0 Å². The maximum absolute atomic E-state index is 5.25. The van der Waals surface area contributed by atoms with E-state index < -0.39 is 0 Å². The first-order valence-corrected chi connectivity index (χ1v) is 9.01. The van der Waals surface area contributed by atoms with Crippen LogP contribution >= 0.6 is 0 Å². The quantitative estimate of drug-likeness (QED) is 0.754. The molecule has 126 valence electrons. The van der Waals surface area contributed by atoms with Gasteiger partial charge in [0.05, 0.1) is 18.9 Å². The van der Waals surface area contributed by atoms with Crippen molar-refractivity contribution in [1.82, 2.24) is 9.91 Å².